The first-order valence-electron chi connectivity index (χ1n) is 8.45. The Balaban J connectivity index is 2.15. The van der Waals surface area contributed by atoms with Crippen LogP contribution in [0.4, 0.5) is 10.6 Å². The van der Waals surface area contributed by atoms with Crippen LogP contribution in [0.25, 0.3) is 0 Å². The third-order valence-electron chi connectivity index (χ3n) is 3.78. The number of nitrogens with one attached hydrogen (secondary N) is 1. The maximum Gasteiger partial charge on any atom is 0.413 e. The second-order valence-corrected chi connectivity index (χ2v) is 7.61. The first kappa shape index (κ1) is 17.7. The van der Waals surface area contributed by atoms with E-state index in [4.69, 9.17) is 4.74 Å². The van der Waals surface area contributed by atoms with Gasteiger partial charge in [0.15, 0.2) is 0 Å². The van der Waals surface area contributed by atoms with Crippen molar-refractivity contribution in [1.29, 1.82) is 0 Å². The van der Waals surface area contributed by atoms with Crippen molar-refractivity contribution in [2.75, 3.05) is 18.4 Å². The monoisotopic (exact) mass is 319 g/mol. The van der Waals surface area contributed by atoms with Gasteiger partial charge >= 0.3 is 6.09 Å². The Hall–Kier alpha value is -1.62. The van der Waals surface area contributed by atoms with Gasteiger partial charge in [-0.3, -0.25) is 10.2 Å². The molecule has 0 aromatic carbocycles. The van der Waals surface area contributed by atoms with Crippen molar-refractivity contribution >= 4 is 11.9 Å². The average molecular weight is 319 g/mol. The molecule has 1 unspecified atom stereocenters. The molecule has 1 saturated heterocycles. The zero-order valence-corrected chi connectivity index (χ0v) is 14.9. The van der Waals surface area contributed by atoms with Crippen molar-refractivity contribution < 1.29 is 9.53 Å². The summed E-state index contributed by atoms with van der Waals surface area (Å²) in [7, 11) is 0. The summed E-state index contributed by atoms with van der Waals surface area (Å²) >= 11 is 0. The molecule has 1 amide bonds. The van der Waals surface area contributed by atoms with E-state index in [9.17, 15) is 4.79 Å². The number of likely N-dealkylation sites (tertiary alicyclic amines) is 1. The molecule has 5 heteroatoms. The zero-order chi connectivity index (χ0) is 17.0. The molecule has 1 aliphatic rings. The molecule has 0 bridgehead atoms. The minimum absolute atomic E-state index is 0.316. The van der Waals surface area contributed by atoms with Gasteiger partial charge in [0.1, 0.15) is 11.4 Å². The average Bonchev–Trinajstić information content (AvgIpc) is 2.84. The number of rotatable bonds is 4. The fourth-order valence-corrected chi connectivity index (χ4v) is 3.06. The molecule has 23 heavy (non-hydrogen) atoms. The first-order valence-corrected chi connectivity index (χ1v) is 8.45. The molecule has 128 valence electrons. The molecule has 0 saturated carbocycles. The van der Waals surface area contributed by atoms with Crippen LogP contribution in [-0.4, -0.2) is 34.7 Å². The Morgan fingerprint density at radius 3 is 2.87 bits per heavy atom. The number of pyridine rings is 1. The number of ether oxygens (including phenoxy) is 1. The van der Waals surface area contributed by atoms with E-state index in [1.807, 2.05) is 26.8 Å². The Morgan fingerprint density at radius 1 is 1.48 bits per heavy atom. The lowest BCUT2D eigenvalue weighted by atomic mass is 10.0. The molecule has 1 fully saturated rings. The lowest BCUT2D eigenvalue weighted by Crippen LogP contribution is -2.30. The van der Waals surface area contributed by atoms with Crippen molar-refractivity contribution in [2.45, 2.75) is 59.1 Å². The quantitative estimate of drug-likeness (QED) is 0.902. The fraction of sp³-hybridized carbons (Fsp3) is 0.667. The minimum Gasteiger partial charge on any atom is -0.444 e. The van der Waals surface area contributed by atoms with Gasteiger partial charge in [-0.2, -0.15) is 0 Å². The predicted octanol–water partition coefficient (Wildman–Crippen LogP) is 4.22. The molecule has 0 aliphatic carbocycles. The lowest BCUT2D eigenvalue weighted by molar-refractivity contribution is 0.0635. The van der Waals surface area contributed by atoms with Crippen LogP contribution in [0.3, 0.4) is 0 Å². The number of carbonyl (C=O) groups excluding carboxylic acids is 1. The molecular weight excluding hydrogens is 290 g/mol. The van der Waals surface area contributed by atoms with E-state index in [0.717, 1.165) is 25.1 Å². The molecule has 5 nitrogen and oxygen atoms in total. The molecule has 1 aromatic rings. The van der Waals surface area contributed by atoms with E-state index in [1.54, 1.807) is 6.20 Å². The summed E-state index contributed by atoms with van der Waals surface area (Å²) < 4.78 is 5.35. The molecular formula is C18H29N3O2. The van der Waals surface area contributed by atoms with E-state index in [-0.39, 0.29) is 0 Å². The second-order valence-electron chi connectivity index (χ2n) is 7.61. The number of aromatic nitrogens is 1. The summed E-state index contributed by atoms with van der Waals surface area (Å²) in [5.41, 5.74) is 0.562. The molecule has 2 rings (SSSR count). The van der Waals surface area contributed by atoms with Crippen LogP contribution in [0, 0.1) is 5.92 Å². The number of carbonyl (C=O) groups is 1. The standard InChI is InChI=1S/C18H29N3O2/c1-13(2)12-21-11-7-9-15(21)14-8-6-10-19-16(14)20-17(22)23-18(3,4)5/h6,8,10,13,15H,7,9,11-12H2,1-5H3,(H,19,20,22). The van der Waals surface area contributed by atoms with Crippen LogP contribution in [0.5, 0.6) is 0 Å². The van der Waals surface area contributed by atoms with Gasteiger partial charge in [0.2, 0.25) is 0 Å². The largest absolute Gasteiger partial charge is 0.444 e. The van der Waals surface area contributed by atoms with Crippen LogP contribution in [0.1, 0.15) is 59.1 Å². The SMILES string of the molecule is CC(C)CN1CCCC1c1cccnc1NC(=O)OC(C)(C)C. The highest BCUT2D eigenvalue weighted by molar-refractivity contribution is 5.84. The molecule has 0 radical (unpaired) electrons. The Morgan fingerprint density at radius 2 is 2.22 bits per heavy atom. The molecule has 0 spiro atoms. The third kappa shape index (κ3) is 5.20. The smallest absolute Gasteiger partial charge is 0.413 e. The van der Waals surface area contributed by atoms with Gasteiger partial charge in [0.05, 0.1) is 0 Å². The van der Waals surface area contributed by atoms with Crippen LogP contribution in [-0.2, 0) is 4.74 Å². The van der Waals surface area contributed by atoms with Crippen molar-refractivity contribution in [2.24, 2.45) is 5.92 Å². The van der Waals surface area contributed by atoms with E-state index in [0.29, 0.717) is 17.8 Å². The topological polar surface area (TPSA) is 54.5 Å². The number of anilines is 1. The lowest BCUT2D eigenvalue weighted by Gasteiger charge is -2.28. The van der Waals surface area contributed by atoms with Crippen LogP contribution in [0.15, 0.2) is 18.3 Å². The molecule has 2 heterocycles. The van der Waals surface area contributed by atoms with Crippen molar-refractivity contribution in [3.05, 3.63) is 23.9 Å². The highest BCUT2D eigenvalue weighted by Gasteiger charge is 2.29. The Labute approximate surface area is 139 Å². The highest BCUT2D eigenvalue weighted by atomic mass is 16.6. The maximum absolute atomic E-state index is 12.1. The molecule has 1 aliphatic heterocycles. The first-order chi connectivity index (χ1) is 10.8. The molecule has 1 N–H and O–H groups in total. The van der Waals surface area contributed by atoms with E-state index in [2.05, 4.69) is 35.1 Å². The van der Waals surface area contributed by atoms with E-state index >= 15 is 0 Å². The van der Waals surface area contributed by atoms with Gasteiger partial charge in [-0.15, -0.1) is 0 Å². The summed E-state index contributed by atoms with van der Waals surface area (Å²) in [5, 5.41) is 2.82. The Bertz CT molecular complexity index is 537. The Kier molecular flexibility index (Phi) is 5.63. The summed E-state index contributed by atoms with van der Waals surface area (Å²) in [6, 6.07) is 4.31. The van der Waals surface area contributed by atoms with Gasteiger partial charge in [-0.25, -0.2) is 9.78 Å². The van der Waals surface area contributed by atoms with Gasteiger partial charge < -0.3 is 4.74 Å². The van der Waals surface area contributed by atoms with Gasteiger partial charge in [0, 0.05) is 24.3 Å². The fourth-order valence-electron chi connectivity index (χ4n) is 3.06. The number of nitrogens with zero attached hydrogens (tertiary/aromatic N) is 2. The van der Waals surface area contributed by atoms with Crippen LogP contribution in [0.2, 0.25) is 0 Å². The summed E-state index contributed by atoms with van der Waals surface area (Å²) in [6.07, 6.45) is 3.53. The maximum atomic E-state index is 12.1. The van der Waals surface area contributed by atoms with Crippen molar-refractivity contribution in [1.82, 2.24) is 9.88 Å². The van der Waals surface area contributed by atoms with Crippen molar-refractivity contribution in [3.8, 4) is 0 Å². The van der Waals surface area contributed by atoms with Gasteiger partial charge in [-0.05, 0) is 52.1 Å². The van der Waals surface area contributed by atoms with Crippen molar-refractivity contribution in [3.63, 3.8) is 0 Å². The van der Waals surface area contributed by atoms with E-state index in [1.165, 1.54) is 6.42 Å². The van der Waals surface area contributed by atoms with Crippen LogP contribution >= 0.6 is 0 Å². The second kappa shape index (κ2) is 7.30. The number of hydrogen-bond donors (Lipinski definition) is 1. The minimum atomic E-state index is -0.518. The van der Waals surface area contributed by atoms with Gasteiger partial charge in [0.25, 0.3) is 0 Å². The highest BCUT2D eigenvalue weighted by Crippen LogP contribution is 2.35. The predicted molar refractivity (Wildman–Crippen MR) is 92.5 cm³/mol. The zero-order valence-electron chi connectivity index (χ0n) is 14.9. The van der Waals surface area contributed by atoms with Crippen LogP contribution < -0.4 is 5.32 Å². The summed E-state index contributed by atoms with van der Waals surface area (Å²) in [5.74, 6) is 1.23. The molecule has 1 atom stereocenters. The summed E-state index contributed by atoms with van der Waals surface area (Å²) in [6.45, 7) is 12.2. The molecule has 1 aromatic heterocycles. The normalized spacial score (nSPS) is 19.1. The summed E-state index contributed by atoms with van der Waals surface area (Å²) in [4.78, 5) is 18.9. The van der Waals surface area contributed by atoms with E-state index < -0.39 is 11.7 Å². The number of amides is 1. The number of hydrogen-bond acceptors (Lipinski definition) is 4. The third-order valence-corrected chi connectivity index (χ3v) is 3.78. The van der Waals surface area contributed by atoms with Gasteiger partial charge in [-0.1, -0.05) is 19.9 Å².